The summed E-state index contributed by atoms with van der Waals surface area (Å²) in [6, 6.07) is 12.8. The molecule has 1 aliphatic carbocycles. The monoisotopic (exact) mass is 396 g/mol. The molecule has 0 saturated heterocycles. The minimum atomic E-state index is -0.0563. The molecule has 1 saturated carbocycles. The summed E-state index contributed by atoms with van der Waals surface area (Å²) < 4.78 is 10.6. The first-order chi connectivity index (χ1) is 13.9. The van der Waals surface area contributed by atoms with Crippen LogP contribution in [0.4, 0.5) is 5.69 Å². The highest BCUT2D eigenvalue weighted by Crippen LogP contribution is 2.38. The maximum Gasteiger partial charge on any atom is 0.253 e. The zero-order chi connectivity index (χ0) is 21.0. The number of hydrogen-bond acceptors (Lipinski definition) is 4. The van der Waals surface area contributed by atoms with Crippen molar-refractivity contribution in [2.45, 2.75) is 19.8 Å². The SMILES string of the molecule is COc1ccc(CCN(C)C(=O)c2ccc(NC(=O)C3CC3C)cc2)cc1OC. The molecule has 1 N–H and O–H groups in total. The van der Waals surface area contributed by atoms with Gasteiger partial charge in [0, 0.05) is 30.8 Å². The number of rotatable bonds is 8. The van der Waals surface area contributed by atoms with Crippen LogP contribution in [0.15, 0.2) is 42.5 Å². The van der Waals surface area contributed by atoms with Gasteiger partial charge in [-0.15, -0.1) is 0 Å². The van der Waals surface area contributed by atoms with Gasteiger partial charge in [0.05, 0.1) is 14.2 Å². The Labute approximate surface area is 171 Å². The average Bonchev–Trinajstić information content (AvgIpc) is 3.48. The number of carbonyl (C=O) groups is 2. The van der Waals surface area contributed by atoms with Gasteiger partial charge < -0.3 is 19.7 Å². The molecule has 2 atom stereocenters. The highest BCUT2D eigenvalue weighted by atomic mass is 16.5. The fourth-order valence-electron chi connectivity index (χ4n) is 3.27. The lowest BCUT2D eigenvalue weighted by Crippen LogP contribution is -2.28. The van der Waals surface area contributed by atoms with Crippen molar-refractivity contribution in [1.82, 2.24) is 4.90 Å². The molecule has 0 bridgehead atoms. The van der Waals surface area contributed by atoms with E-state index in [2.05, 4.69) is 12.2 Å². The fraction of sp³-hybridized carbons (Fsp3) is 0.391. The van der Waals surface area contributed by atoms with Crippen molar-refractivity contribution in [2.75, 3.05) is 33.1 Å². The molecule has 154 valence electrons. The lowest BCUT2D eigenvalue weighted by Gasteiger charge is -2.18. The van der Waals surface area contributed by atoms with E-state index in [1.807, 2.05) is 18.2 Å². The van der Waals surface area contributed by atoms with Crippen LogP contribution in [0.2, 0.25) is 0 Å². The molecule has 2 amide bonds. The van der Waals surface area contributed by atoms with Crippen LogP contribution in [0.25, 0.3) is 0 Å². The Morgan fingerprint density at radius 2 is 1.72 bits per heavy atom. The molecule has 29 heavy (non-hydrogen) atoms. The molecule has 0 heterocycles. The van der Waals surface area contributed by atoms with E-state index in [1.54, 1.807) is 50.4 Å². The summed E-state index contributed by atoms with van der Waals surface area (Å²) >= 11 is 0. The van der Waals surface area contributed by atoms with E-state index in [4.69, 9.17) is 9.47 Å². The standard InChI is InChI=1S/C23H28N2O4/c1-15-13-19(15)22(26)24-18-8-6-17(7-9-18)23(27)25(2)12-11-16-5-10-20(28-3)21(14-16)29-4/h5-10,14-15,19H,11-13H2,1-4H3,(H,24,26). The Kier molecular flexibility index (Phi) is 6.42. The molecule has 6 heteroatoms. The second-order valence-corrected chi connectivity index (χ2v) is 7.55. The number of carbonyl (C=O) groups excluding carboxylic acids is 2. The lowest BCUT2D eigenvalue weighted by molar-refractivity contribution is -0.117. The van der Waals surface area contributed by atoms with Gasteiger partial charge in [0.25, 0.3) is 5.91 Å². The van der Waals surface area contributed by atoms with E-state index in [-0.39, 0.29) is 17.7 Å². The number of hydrogen-bond donors (Lipinski definition) is 1. The van der Waals surface area contributed by atoms with Crippen LogP contribution in [0.1, 0.15) is 29.3 Å². The van der Waals surface area contributed by atoms with E-state index in [0.29, 0.717) is 35.9 Å². The van der Waals surface area contributed by atoms with Crippen molar-refractivity contribution in [1.29, 1.82) is 0 Å². The van der Waals surface area contributed by atoms with Gasteiger partial charge in [0.1, 0.15) is 0 Å². The molecular weight excluding hydrogens is 368 g/mol. The van der Waals surface area contributed by atoms with Gasteiger partial charge >= 0.3 is 0 Å². The van der Waals surface area contributed by atoms with E-state index in [1.165, 1.54) is 0 Å². The van der Waals surface area contributed by atoms with Crippen LogP contribution in [0, 0.1) is 11.8 Å². The van der Waals surface area contributed by atoms with Crippen LogP contribution >= 0.6 is 0 Å². The number of ether oxygens (including phenoxy) is 2. The number of amides is 2. The van der Waals surface area contributed by atoms with Crippen molar-refractivity contribution in [3.63, 3.8) is 0 Å². The molecule has 1 fully saturated rings. The van der Waals surface area contributed by atoms with Gasteiger partial charge in [0.2, 0.25) is 5.91 Å². The highest BCUT2D eigenvalue weighted by Gasteiger charge is 2.39. The number of likely N-dealkylation sites (N-methyl/N-ethyl adjacent to an activating group) is 1. The van der Waals surface area contributed by atoms with E-state index < -0.39 is 0 Å². The van der Waals surface area contributed by atoms with Crippen LogP contribution in [0.3, 0.4) is 0 Å². The third kappa shape index (κ3) is 5.08. The topological polar surface area (TPSA) is 67.9 Å². The predicted octanol–water partition coefficient (Wildman–Crippen LogP) is 3.61. The lowest BCUT2D eigenvalue weighted by atomic mass is 10.1. The molecule has 0 aromatic heterocycles. The van der Waals surface area contributed by atoms with Crippen molar-refractivity contribution < 1.29 is 19.1 Å². The highest BCUT2D eigenvalue weighted by molar-refractivity contribution is 5.96. The first-order valence-corrected chi connectivity index (χ1v) is 9.80. The van der Waals surface area contributed by atoms with Crippen molar-refractivity contribution >= 4 is 17.5 Å². The maximum atomic E-state index is 12.7. The molecule has 1 aliphatic rings. The Hall–Kier alpha value is -3.02. The zero-order valence-electron chi connectivity index (χ0n) is 17.4. The van der Waals surface area contributed by atoms with Gasteiger partial charge in [-0.05, 0) is 60.7 Å². The largest absolute Gasteiger partial charge is 0.493 e. The third-order valence-electron chi connectivity index (χ3n) is 5.38. The van der Waals surface area contributed by atoms with Gasteiger partial charge in [-0.2, -0.15) is 0 Å². The Balaban J connectivity index is 1.55. The Morgan fingerprint density at radius 3 is 2.31 bits per heavy atom. The first-order valence-electron chi connectivity index (χ1n) is 9.80. The predicted molar refractivity (Wildman–Crippen MR) is 113 cm³/mol. The summed E-state index contributed by atoms with van der Waals surface area (Å²) in [5.74, 6) is 1.96. The first kappa shape index (κ1) is 20.7. The molecular formula is C23H28N2O4. The molecule has 2 aromatic rings. The van der Waals surface area contributed by atoms with E-state index >= 15 is 0 Å². The van der Waals surface area contributed by atoms with E-state index in [0.717, 1.165) is 17.7 Å². The second kappa shape index (κ2) is 8.99. The second-order valence-electron chi connectivity index (χ2n) is 7.55. The number of anilines is 1. The average molecular weight is 396 g/mol. The maximum absolute atomic E-state index is 12.7. The molecule has 0 spiro atoms. The van der Waals surface area contributed by atoms with Gasteiger partial charge in [-0.1, -0.05) is 13.0 Å². The Morgan fingerprint density at radius 1 is 1.07 bits per heavy atom. The van der Waals surface area contributed by atoms with Gasteiger partial charge in [0.15, 0.2) is 11.5 Å². The van der Waals surface area contributed by atoms with Crippen molar-refractivity contribution in [3.8, 4) is 11.5 Å². The third-order valence-corrected chi connectivity index (χ3v) is 5.38. The fourth-order valence-corrected chi connectivity index (χ4v) is 3.27. The minimum Gasteiger partial charge on any atom is -0.493 e. The summed E-state index contributed by atoms with van der Waals surface area (Å²) in [5, 5.41) is 2.91. The Bertz CT molecular complexity index is 879. The van der Waals surface area contributed by atoms with Crippen molar-refractivity contribution in [2.24, 2.45) is 11.8 Å². The van der Waals surface area contributed by atoms with Crippen LogP contribution in [0.5, 0.6) is 11.5 Å². The molecule has 2 aromatic carbocycles. The number of nitrogens with zero attached hydrogens (tertiary/aromatic N) is 1. The van der Waals surface area contributed by atoms with Gasteiger partial charge in [-0.25, -0.2) is 0 Å². The summed E-state index contributed by atoms with van der Waals surface area (Å²) in [7, 11) is 5.00. The molecule has 6 nitrogen and oxygen atoms in total. The molecule has 3 rings (SSSR count). The molecule has 0 aliphatic heterocycles. The number of nitrogens with one attached hydrogen (secondary N) is 1. The van der Waals surface area contributed by atoms with E-state index in [9.17, 15) is 9.59 Å². The number of benzene rings is 2. The normalized spacial score (nSPS) is 17.4. The van der Waals surface area contributed by atoms with Crippen LogP contribution in [-0.4, -0.2) is 44.5 Å². The molecule has 2 unspecified atom stereocenters. The smallest absolute Gasteiger partial charge is 0.253 e. The summed E-state index contributed by atoms with van der Waals surface area (Å²) in [6.45, 7) is 2.65. The van der Waals surface area contributed by atoms with Crippen LogP contribution in [-0.2, 0) is 11.2 Å². The number of methoxy groups -OCH3 is 2. The zero-order valence-corrected chi connectivity index (χ0v) is 17.4. The minimum absolute atomic E-state index is 0.0563. The summed E-state index contributed by atoms with van der Waals surface area (Å²) in [4.78, 5) is 26.4. The van der Waals surface area contributed by atoms with Gasteiger partial charge in [-0.3, -0.25) is 9.59 Å². The van der Waals surface area contributed by atoms with Crippen molar-refractivity contribution in [3.05, 3.63) is 53.6 Å². The quantitative estimate of drug-likeness (QED) is 0.740. The van der Waals surface area contributed by atoms with Crippen LogP contribution < -0.4 is 14.8 Å². The molecule has 0 radical (unpaired) electrons. The summed E-state index contributed by atoms with van der Waals surface area (Å²) in [5.41, 5.74) is 2.38. The summed E-state index contributed by atoms with van der Waals surface area (Å²) in [6.07, 6.45) is 1.66.